The fraction of sp³-hybridized carbons (Fsp3) is 0. The number of nitrogens with zero attached hydrogens (tertiary/aromatic N) is 1. The van der Waals surface area contributed by atoms with E-state index >= 15 is 0 Å². The first-order chi connectivity index (χ1) is 9.90. The van der Waals surface area contributed by atoms with Gasteiger partial charge in [-0.2, -0.15) is 0 Å². The van der Waals surface area contributed by atoms with E-state index in [9.17, 15) is 23.3 Å². The lowest BCUT2D eigenvalue weighted by Gasteiger charge is -2.06. The average molecular weight is 327 g/mol. The zero-order valence-corrected chi connectivity index (χ0v) is 12.0. The number of amides is 1. The Balaban J connectivity index is 2.04. The molecule has 0 aliphatic rings. The molecule has 1 heterocycles. The molecule has 0 aliphatic heterocycles. The Labute approximate surface area is 123 Å². The molecule has 0 aliphatic carbocycles. The normalized spacial score (nSPS) is 11.0. The number of carbonyl (C=O) groups excluding carboxylic acids is 1. The molecule has 0 radical (unpaired) electrons. The van der Waals surface area contributed by atoms with Crippen LogP contribution in [-0.4, -0.2) is 19.2 Å². The first-order valence-electron chi connectivity index (χ1n) is 5.50. The number of hydrazine groups is 1. The van der Waals surface area contributed by atoms with Crippen LogP contribution in [0.15, 0.2) is 46.0 Å². The lowest BCUT2D eigenvalue weighted by molar-refractivity contribution is -0.384. The van der Waals surface area contributed by atoms with Gasteiger partial charge in [0.05, 0.1) is 4.92 Å². The van der Waals surface area contributed by atoms with Crippen LogP contribution >= 0.6 is 11.3 Å². The van der Waals surface area contributed by atoms with E-state index in [2.05, 4.69) is 0 Å². The summed E-state index contributed by atoms with van der Waals surface area (Å²) < 4.78 is 23.6. The van der Waals surface area contributed by atoms with Crippen LogP contribution in [0.4, 0.5) is 5.69 Å². The second-order valence-electron chi connectivity index (χ2n) is 3.80. The van der Waals surface area contributed by atoms with Crippen LogP contribution in [0.25, 0.3) is 0 Å². The van der Waals surface area contributed by atoms with Gasteiger partial charge in [-0.3, -0.25) is 20.3 Å². The first kappa shape index (κ1) is 15.1. The van der Waals surface area contributed by atoms with Gasteiger partial charge in [-0.15, -0.1) is 16.2 Å². The lowest BCUT2D eigenvalue weighted by atomic mass is 10.2. The summed E-state index contributed by atoms with van der Waals surface area (Å²) in [5.41, 5.74) is 1.97. The third-order valence-corrected chi connectivity index (χ3v) is 5.04. The third kappa shape index (κ3) is 3.62. The molecule has 10 heteroatoms. The van der Waals surface area contributed by atoms with E-state index in [4.69, 9.17) is 0 Å². The molecular formula is C11H9N3O5S2. The second kappa shape index (κ2) is 5.99. The molecule has 1 amide bonds. The molecule has 0 spiro atoms. The molecule has 1 aromatic heterocycles. The summed E-state index contributed by atoms with van der Waals surface area (Å²) in [6.07, 6.45) is 0. The van der Waals surface area contributed by atoms with E-state index in [-0.39, 0.29) is 15.5 Å². The Kier molecular flexibility index (Phi) is 4.31. The number of thiophene rings is 1. The summed E-state index contributed by atoms with van der Waals surface area (Å²) in [6, 6.07) is 7.73. The van der Waals surface area contributed by atoms with Crippen molar-refractivity contribution in [3.63, 3.8) is 0 Å². The summed E-state index contributed by atoms with van der Waals surface area (Å²) >= 11 is 1.01. The Morgan fingerprint density at radius 2 is 1.86 bits per heavy atom. The highest BCUT2D eigenvalue weighted by molar-refractivity contribution is 7.91. The number of nitro groups is 1. The number of nitro benzene ring substituents is 1. The summed E-state index contributed by atoms with van der Waals surface area (Å²) in [4.78, 5) is 23.6. The van der Waals surface area contributed by atoms with Crippen molar-refractivity contribution >= 4 is 33.0 Å². The van der Waals surface area contributed by atoms with Gasteiger partial charge in [0.2, 0.25) is 0 Å². The summed E-state index contributed by atoms with van der Waals surface area (Å²) in [5, 5.41) is 12.1. The average Bonchev–Trinajstić information content (AvgIpc) is 3.00. The summed E-state index contributed by atoms with van der Waals surface area (Å²) in [6.45, 7) is 0. The number of hydrogen-bond donors (Lipinski definition) is 2. The molecule has 110 valence electrons. The third-order valence-electron chi connectivity index (χ3n) is 2.40. The standard InChI is InChI=1S/C11H9N3O5S2/c15-11(8-3-5-9(6-4-8)14(16)17)12-13-21(18,19)10-2-1-7-20-10/h1-7,13H,(H,12,15). The smallest absolute Gasteiger partial charge is 0.269 e. The molecule has 0 atom stereocenters. The molecule has 2 aromatic rings. The van der Waals surface area contributed by atoms with Gasteiger partial charge in [-0.05, 0) is 23.6 Å². The minimum Gasteiger partial charge on any atom is -0.273 e. The largest absolute Gasteiger partial charge is 0.273 e. The first-order valence-corrected chi connectivity index (χ1v) is 7.86. The van der Waals surface area contributed by atoms with E-state index in [0.29, 0.717) is 0 Å². The topological polar surface area (TPSA) is 118 Å². The molecular weight excluding hydrogens is 318 g/mol. The van der Waals surface area contributed by atoms with Crippen molar-refractivity contribution < 1.29 is 18.1 Å². The van der Waals surface area contributed by atoms with E-state index in [1.165, 1.54) is 18.2 Å². The van der Waals surface area contributed by atoms with Crippen LogP contribution < -0.4 is 10.3 Å². The van der Waals surface area contributed by atoms with Crippen LogP contribution in [-0.2, 0) is 10.0 Å². The van der Waals surface area contributed by atoms with Crippen molar-refractivity contribution in [1.29, 1.82) is 0 Å². The lowest BCUT2D eigenvalue weighted by Crippen LogP contribution is -2.41. The van der Waals surface area contributed by atoms with Gasteiger partial charge in [-0.1, -0.05) is 6.07 Å². The zero-order valence-electron chi connectivity index (χ0n) is 10.3. The summed E-state index contributed by atoms with van der Waals surface area (Å²) in [7, 11) is -3.81. The molecule has 8 nitrogen and oxygen atoms in total. The molecule has 0 fully saturated rings. The number of benzene rings is 1. The minimum absolute atomic E-state index is 0.0616. The van der Waals surface area contributed by atoms with Crippen LogP contribution in [0.2, 0.25) is 0 Å². The van der Waals surface area contributed by atoms with E-state index in [0.717, 1.165) is 23.5 Å². The monoisotopic (exact) mass is 327 g/mol. The predicted octanol–water partition coefficient (Wildman–Crippen LogP) is 1.28. The van der Waals surface area contributed by atoms with E-state index in [1.807, 2.05) is 10.3 Å². The van der Waals surface area contributed by atoms with Crippen LogP contribution in [0, 0.1) is 10.1 Å². The molecule has 2 N–H and O–H groups in total. The number of carbonyl (C=O) groups is 1. The van der Waals surface area contributed by atoms with E-state index in [1.54, 1.807) is 11.4 Å². The van der Waals surface area contributed by atoms with Gasteiger partial charge in [0.15, 0.2) is 0 Å². The van der Waals surface area contributed by atoms with E-state index < -0.39 is 20.9 Å². The Bertz CT molecular complexity index is 754. The maximum absolute atomic E-state index is 11.8. The van der Waals surface area contributed by atoms with Gasteiger partial charge in [0.25, 0.3) is 21.6 Å². The SMILES string of the molecule is O=C(NNS(=O)(=O)c1cccs1)c1ccc([N+](=O)[O-])cc1. The molecule has 21 heavy (non-hydrogen) atoms. The molecule has 0 saturated heterocycles. The van der Waals surface area contributed by atoms with Crippen LogP contribution in [0.3, 0.4) is 0 Å². The predicted molar refractivity (Wildman–Crippen MR) is 75.2 cm³/mol. The summed E-state index contributed by atoms with van der Waals surface area (Å²) in [5.74, 6) is -0.718. The highest BCUT2D eigenvalue weighted by atomic mass is 32.2. The van der Waals surface area contributed by atoms with Crippen LogP contribution in [0.5, 0.6) is 0 Å². The van der Waals surface area contributed by atoms with Crippen molar-refractivity contribution in [3.8, 4) is 0 Å². The fourth-order valence-corrected chi connectivity index (χ4v) is 3.22. The quantitative estimate of drug-likeness (QED) is 0.633. The number of nitrogens with one attached hydrogen (secondary N) is 2. The molecule has 0 unspecified atom stereocenters. The molecule has 1 aromatic carbocycles. The Hall–Kier alpha value is -2.30. The molecule has 0 saturated carbocycles. The molecule has 2 rings (SSSR count). The number of non-ortho nitro benzene ring substituents is 1. The van der Waals surface area contributed by atoms with Gasteiger partial charge in [-0.25, -0.2) is 8.42 Å². The second-order valence-corrected chi connectivity index (χ2v) is 6.65. The highest BCUT2D eigenvalue weighted by Gasteiger charge is 2.17. The van der Waals surface area contributed by atoms with Crippen molar-refractivity contribution in [3.05, 3.63) is 57.5 Å². The van der Waals surface area contributed by atoms with Crippen molar-refractivity contribution in [2.24, 2.45) is 0 Å². The van der Waals surface area contributed by atoms with Crippen LogP contribution in [0.1, 0.15) is 10.4 Å². The van der Waals surface area contributed by atoms with Gasteiger partial charge in [0.1, 0.15) is 4.21 Å². The minimum atomic E-state index is -3.81. The van der Waals surface area contributed by atoms with Gasteiger partial charge in [0, 0.05) is 17.7 Å². The Morgan fingerprint density at radius 3 is 2.38 bits per heavy atom. The van der Waals surface area contributed by atoms with Crippen molar-refractivity contribution in [2.45, 2.75) is 4.21 Å². The van der Waals surface area contributed by atoms with Crippen molar-refractivity contribution in [2.75, 3.05) is 0 Å². The van der Waals surface area contributed by atoms with Crippen molar-refractivity contribution in [1.82, 2.24) is 10.3 Å². The highest BCUT2D eigenvalue weighted by Crippen LogP contribution is 2.15. The fourth-order valence-electron chi connectivity index (χ4n) is 1.39. The molecule has 0 bridgehead atoms. The zero-order chi connectivity index (χ0) is 15.5. The number of rotatable bonds is 5. The van der Waals surface area contributed by atoms with Gasteiger partial charge >= 0.3 is 0 Å². The number of sulfonamides is 1. The maximum Gasteiger partial charge on any atom is 0.269 e. The Morgan fingerprint density at radius 1 is 1.19 bits per heavy atom. The maximum atomic E-state index is 11.8. The van der Waals surface area contributed by atoms with Gasteiger partial charge < -0.3 is 0 Å². The number of hydrogen-bond acceptors (Lipinski definition) is 6.